The van der Waals surface area contributed by atoms with Crippen molar-refractivity contribution in [3.05, 3.63) is 35.9 Å². The molecule has 0 aromatic heterocycles. The first-order valence-electron chi connectivity index (χ1n) is 8.00. The molecule has 1 aliphatic carbocycles. The van der Waals surface area contributed by atoms with E-state index < -0.39 is 0 Å². The third kappa shape index (κ3) is 3.44. The molecule has 1 saturated carbocycles. The summed E-state index contributed by atoms with van der Waals surface area (Å²) in [5.41, 5.74) is 7.25. The van der Waals surface area contributed by atoms with Crippen LogP contribution >= 0.6 is 0 Å². The molecule has 3 N–H and O–H groups in total. The van der Waals surface area contributed by atoms with E-state index in [9.17, 15) is 4.79 Å². The summed E-state index contributed by atoms with van der Waals surface area (Å²) in [6.07, 6.45) is 3.72. The first kappa shape index (κ1) is 14.5. The number of amides is 1. The van der Waals surface area contributed by atoms with E-state index in [-0.39, 0.29) is 17.9 Å². The zero-order chi connectivity index (χ0) is 14.8. The van der Waals surface area contributed by atoms with E-state index in [0.717, 1.165) is 31.1 Å². The van der Waals surface area contributed by atoms with Crippen LogP contribution in [0.2, 0.25) is 0 Å². The summed E-state index contributed by atoms with van der Waals surface area (Å²) in [4.78, 5) is 14.9. The Balaban J connectivity index is 1.52. The van der Waals surface area contributed by atoms with Crippen LogP contribution in [0.25, 0.3) is 0 Å². The van der Waals surface area contributed by atoms with Crippen LogP contribution in [-0.2, 0) is 4.79 Å². The number of hydrogen-bond donors (Lipinski definition) is 2. The highest BCUT2D eigenvalue weighted by Gasteiger charge is 2.35. The largest absolute Gasteiger partial charge is 0.352 e. The van der Waals surface area contributed by atoms with Crippen molar-refractivity contribution in [2.75, 3.05) is 13.1 Å². The fourth-order valence-electron chi connectivity index (χ4n) is 3.14. The normalized spacial score (nSPS) is 25.5. The molecule has 0 radical (unpaired) electrons. The summed E-state index contributed by atoms with van der Waals surface area (Å²) in [5, 5.41) is 3.18. The average molecular weight is 287 g/mol. The van der Waals surface area contributed by atoms with Gasteiger partial charge in [-0.05, 0) is 24.8 Å². The number of rotatable bonds is 5. The SMILES string of the molecule is CC(C(=O)NC1CCN(C2CC2)C1)C(N)c1ccccc1. The molecule has 1 saturated heterocycles. The zero-order valence-electron chi connectivity index (χ0n) is 12.7. The lowest BCUT2D eigenvalue weighted by atomic mass is 9.94. The van der Waals surface area contributed by atoms with Crippen molar-refractivity contribution in [3.63, 3.8) is 0 Å². The second-order valence-electron chi connectivity index (χ2n) is 6.45. The van der Waals surface area contributed by atoms with E-state index in [2.05, 4.69) is 10.2 Å². The van der Waals surface area contributed by atoms with Crippen molar-refractivity contribution in [1.29, 1.82) is 0 Å². The summed E-state index contributed by atoms with van der Waals surface area (Å²) < 4.78 is 0. The molecule has 1 aliphatic heterocycles. The standard InChI is InChI=1S/C17H25N3O/c1-12(16(18)13-5-3-2-4-6-13)17(21)19-14-9-10-20(11-14)15-7-8-15/h2-6,12,14-16H,7-11,18H2,1H3,(H,19,21). The molecule has 4 heteroatoms. The molecule has 1 heterocycles. The molecule has 0 bridgehead atoms. The fraction of sp³-hybridized carbons (Fsp3) is 0.588. The van der Waals surface area contributed by atoms with Crippen LogP contribution in [0.4, 0.5) is 0 Å². The first-order valence-corrected chi connectivity index (χ1v) is 8.00. The lowest BCUT2D eigenvalue weighted by molar-refractivity contribution is -0.125. The Hall–Kier alpha value is -1.39. The van der Waals surface area contributed by atoms with E-state index in [1.54, 1.807) is 0 Å². The smallest absolute Gasteiger partial charge is 0.225 e. The van der Waals surface area contributed by atoms with Crippen LogP contribution in [0.5, 0.6) is 0 Å². The molecule has 4 nitrogen and oxygen atoms in total. The highest BCUT2D eigenvalue weighted by atomic mass is 16.2. The van der Waals surface area contributed by atoms with E-state index in [0.29, 0.717) is 6.04 Å². The minimum absolute atomic E-state index is 0.0778. The molecule has 21 heavy (non-hydrogen) atoms. The molecular formula is C17H25N3O. The van der Waals surface area contributed by atoms with Gasteiger partial charge in [0.25, 0.3) is 0 Å². The summed E-state index contributed by atoms with van der Waals surface area (Å²) in [5.74, 6) is -0.128. The number of benzene rings is 1. The number of hydrogen-bond acceptors (Lipinski definition) is 3. The van der Waals surface area contributed by atoms with Gasteiger partial charge in [-0.2, -0.15) is 0 Å². The van der Waals surface area contributed by atoms with Gasteiger partial charge < -0.3 is 11.1 Å². The first-order chi connectivity index (χ1) is 10.1. The number of carbonyl (C=O) groups is 1. The summed E-state index contributed by atoms with van der Waals surface area (Å²) in [7, 11) is 0. The van der Waals surface area contributed by atoms with Crippen molar-refractivity contribution in [3.8, 4) is 0 Å². The van der Waals surface area contributed by atoms with Crippen molar-refractivity contribution in [2.24, 2.45) is 11.7 Å². The summed E-state index contributed by atoms with van der Waals surface area (Å²) in [6, 6.07) is 10.7. The molecule has 1 aromatic carbocycles. The van der Waals surface area contributed by atoms with Gasteiger partial charge in [0.15, 0.2) is 0 Å². The summed E-state index contributed by atoms with van der Waals surface area (Å²) in [6.45, 7) is 4.04. The average Bonchev–Trinajstić information content (AvgIpc) is 3.27. The summed E-state index contributed by atoms with van der Waals surface area (Å²) >= 11 is 0. The quantitative estimate of drug-likeness (QED) is 0.866. The Bertz CT molecular complexity index is 486. The minimum Gasteiger partial charge on any atom is -0.352 e. The van der Waals surface area contributed by atoms with Crippen LogP contribution in [-0.4, -0.2) is 36.0 Å². The number of likely N-dealkylation sites (tertiary alicyclic amines) is 1. The van der Waals surface area contributed by atoms with Crippen LogP contribution < -0.4 is 11.1 Å². The maximum absolute atomic E-state index is 12.4. The Morgan fingerprint density at radius 2 is 2.00 bits per heavy atom. The predicted molar refractivity (Wildman–Crippen MR) is 83.7 cm³/mol. The van der Waals surface area contributed by atoms with Crippen LogP contribution in [0.15, 0.2) is 30.3 Å². The topological polar surface area (TPSA) is 58.4 Å². The van der Waals surface area contributed by atoms with Gasteiger partial charge in [0, 0.05) is 31.2 Å². The number of nitrogens with two attached hydrogens (primary N) is 1. The highest BCUT2D eigenvalue weighted by Crippen LogP contribution is 2.30. The third-order valence-electron chi connectivity index (χ3n) is 4.77. The number of nitrogens with one attached hydrogen (secondary N) is 1. The van der Waals surface area contributed by atoms with Gasteiger partial charge in [-0.1, -0.05) is 37.3 Å². The molecule has 1 amide bonds. The van der Waals surface area contributed by atoms with Gasteiger partial charge in [0.05, 0.1) is 5.92 Å². The Morgan fingerprint density at radius 1 is 1.29 bits per heavy atom. The maximum Gasteiger partial charge on any atom is 0.225 e. The van der Waals surface area contributed by atoms with Gasteiger partial charge in [-0.25, -0.2) is 0 Å². The fourth-order valence-corrected chi connectivity index (χ4v) is 3.14. The maximum atomic E-state index is 12.4. The third-order valence-corrected chi connectivity index (χ3v) is 4.77. The Labute approximate surface area is 126 Å². The highest BCUT2D eigenvalue weighted by molar-refractivity contribution is 5.79. The number of nitrogens with zero attached hydrogens (tertiary/aromatic N) is 1. The van der Waals surface area contributed by atoms with Crippen molar-refractivity contribution in [1.82, 2.24) is 10.2 Å². The molecule has 0 spiro atoms. The van der Waals surface area contributed by atoms with Crippen LogP contribution in [0.1, 0.15) is 37.8 Å². The minimum atomic E-state index is -0.243. The zero-order valence-corrected chi connectivity index (χ0v) is 12.7. The molecule has 3 atom stereocenters. The predicted octanol–water partition coefficient (Wildman–Crippen LogP) is 1.68. The van der Waals surface area contributed by atoms with Gasteiger partial charge in [0.1, 0.15) is 0 Å². The Kier molecular flexibility index (Phi) is 4.27. The molecule has 2 aliphatic rings. The lowest BCUT2D eigenvalue weighted by Gasteiger charge is -2.22. The van der Waals surface area contributed by atoms with E-state index in [4.69, 9.17) is 5.73 Å². The second kappa shape index (κ2) is 6.16. The van der Waals surface area contributed by atoms with Gasteiger partial charge in [0.2, 0.25) is 5.91 Å². The molecule has 2 fully saturated rings. The van der Waals surface area contributed by atoms with E-state index in [1.165, 1.54) is 12.8 Å². The molecule has 1 aromatic rings. The van der Waals surface area contributed by atoms with Gasteiger partial charge in [-0.3, -0.25) is 9.69 Å². The van der Waals surface area contributed by atoms with Crippen molar-refractivity contribution in [2.45, 2.75) is 44.3 Å². The second-order valence-corrected chi connectivity index (χ2v) is 6.45. The molecule has 3 unspecified atom stereocenters. The number of carbonyl (C=O) groups excluding carboxylic acids is 1. The van der Waals surface area contributed by atoms with Gasteiger partial charge in [-0.15, -0.1) is 0 Å². The Morgan fingerprint density at radius 3 is 2.67 bits per heavy atom. The monoisotopic (exact) mass is 287 g/mol. The van der Waals surface area contributed by atoms with Gasteiger partial charge >= 0.3 is 0 Å². The van der Waals surface area contributed by atoms with Crippen molar-refractivity contribution < 1.29 is 4.79 Å². The molecular weight excluding hydrogens is 262 g/mol. The van der Waals surface area contributed by atoms with Crippen LogP contribution in [0, 0.1) is 5.92 Å². The van der Waals surface area contributed by atoms with Crippen molar-refractivity contribution >= 4 is 5.91 Å². The van der Waals surface area contributed by atoms with Crippen LogP contribution in [0.3, 0.4) is 0 Å². The lowest BCUT2D eigenvalue weighted by Crippen LogP contribution is -2.42. The molecule has 3 rings (SSSR count). The van der Waals surface area contributed by atoms with E-state index >= 15 is 0 Å². The molecule has 114 valence electrons. The van der Waals surface area contributed by atoms with E-state index in [1.807, 2.05) is 37.3 Å².